The smallest absolute Gasteiger partial charge is 0.251 e. The van der Waals surface area contributed by atoms with Crippen molar-refractivity contribution in [2.24, 2.45) is 0 Å². The van der Waals surface area contributed by atoms with Crippen molar-refractivity contribution in [3.63, 3.8) is 0 Å². The molecule has 0 atom stereocenters. The fraction of sp³-hybridized carbons (Fsp3) is 0.385. The standard InChI is InChI=1S/C13H17NO2/c1-3-4-7-14-13(16)11-5-6-12(9-15)10(2)8-11/h5-6,8-9H,3-4,7H2,1-2H3,(H,14,16). The number of benzene rings is 1. The highest BCUT2D eigenvalue weighted by Gasteiger charge is 2.06. The van der Waals surface area contributed by atoms with Crippen LogP contribution in [0.2, 0.25) is 0 Å². The molecule has 1 aromatic rings. The van der Waals surface area contributed by atoms with Crippen molar-refractivity contribution >= 4 is 12.2 Å². The monoisotopic (exact) mass is 219 g/mol. The largest absolute Gasteiger partial charge is 0.352 e. The van der Waals surface area contributed by atoms with E-state index in [1.165, 1.54) is 0 Å². The Hall–Kier alpha value is -1.64. The molecule has 1 aromatic carbocycles. The van der Waals surface area contributed by atoms with Gasteiger partial charge in [-0.15, -0.1) is 0 Å². The molecule has 1 N–H and O–H groups in total. The molecule has 0 heterocycles. The molecule has 0 radical (unpaired) electrons. The van der Waals surface area contributed by atoms with Crippen molar-refractivity contribution in [3.05, 3.63) is 34.9 Å². The second-order valence-corrected chi connectivity index (χ2v) is 3.80. The zero-order valence-corrected chi connectivity index (χ0v) is 9.75. The van der Waals surface area contributed by atoms with E-state index >= 15 is 0 Å². The fourth-order valence-corrected chi connectivity index (χ4v) is 1.43. The highest BCUT2D eigenvalue weighted by molar-refractivity contribution is 5.95. The minimum atomic E-state index is -0.0750. The maximum absolute atomic E-state index is 11.7. The SMILES string of the molecule is CCCCNC(=O)c1ccc(C=O)c(C)c1. The number of unbranched alkanes of at least 4 members (excludes halogenated alkanes) is 1. The Kier molecular flexibility index (Phi) is 4.70. The van der Waals surface area contributed by atoms with Crippen LogP contribution in [0.25, 0.3) is 0 Å². The number of nitrogens with one attached hydrogen (secondary N) is 1. The van der Waals surface area contributed by atoms with Crippen LogP contribution in [0.4, 0.5) is 0 Å². The summed E-state index contributed by atoms with van der Waals surface area (Å²) in [4.78, 5) is 22.3. The molecule has 1 rings (SSSR count). The van der Waals surface area contributed by atoms with Gasteiger partial charge in [0.15, 0.2) is 0 Å². The number of rotatable bonds is 5. The number of aryl methyl sites for hydroxylation is 1. The van der Waals surface area contributed by atoms with Gasteiger partial charge in [0.05, 0.1) is 0 Å². The van der Waals surface area contributed by atoms with Gasteiger partial charge in [0.25, 0.3) is 5.91 Å². The van der Waals surface area contributed by atoms with E-state index in [-0.39, 0.29) is 5.91 Å². The van der Waals surface area contributed by atoms with E-state index in [2.05, 4.69) is 12.2 Å². The van der Waals surface area contributed by atoms with E-state index in [1.807, 2.05) is 6.92 Å². The van der Waals surface area contributed by atoms with Crippen molar-refractivity contribution in [1.82, 2.24) is 5.32 Å². The Morgan fingerprint density at radius 3 is 2.75 bits per heavy atom. The Balaban J connectivity index is 2.69. The second-order valence-electron chi connectivity index (χ2n) is 3.80. The fourth-order valence-electron chi connectivity index (χ4n) is 1.43. The van der Waals surface area contributed by atoms with E-state index in [1.54, 1.807) is 18.2 Å². The van der Waals surface area contributed by atoms with E-state index in [9.17, 15) is 9.59 Å². The lowest BCUT2D eigenvalue weighted by Crippen LogP contribution is -2.24. The Morgan fingerprint density at radius 1 is 1.44 bits per heavy atom. The summed E-state index contributed by atoms with van der Waals surface area (Å²) in [6.45, 7) is 4.60. The van der Waals surface area contributed by atoms with E-state index in [0.717, 1.165) is 24.7 Å². The second kappa shape index (κ2) is 6.05. The third kappa shape index (κ3) is 3.19. The molecule has 0 unspecified atom stereocenters. The molecule has 0 saturated heterocycles. The van der Waals surface area contributed by atoms with Crippen LogP contribution in [0.1, 0.15) is 46.0 Å². The summed E-state index contributed by atoms with van der Waals surface area (Å²) in [5.74, 6) is -0.0750. The summed E-state index contributed by atoms with van der Waals surface area (Å²) >= 11 is 0. The molecule has 0 saturated carbocycles. The average Bonchev–Trinajstić information content (AvgIpc) is 2.29. The summed E-state index contributed by atoms with van der Waals surface area (Å²) in [7, 11) is 0. The minimum Gasteiger partial charge on any atom is -0.352 e. The molecule has 1 amide bonds. The lowest BCUT2D eigenvalue weighted by atomic mass is 10.1. The summed E-state index contributed by atoms with van der Waals surface area (Å²) < 4.78 is 0. The number of carbonyl (C=O) groups excluding carboxylic acids is 2. The third-order valence-corrected chi connectivity index (χ3v) is 2.47. The van der Waals surface area contributed by atoms with E-state index in [0.29, 0.717) is 17.7 Å². The first-order chi connectivity index (χ1) is 7.69. The van der Waals surface area contributed by atoms with Gasteiger partial charge < -0.3 is 5.32 Å². The highest BCUT2D eigenvalue weighted by Crippen LogP contribution is 2.09. The zero-order valence-electron chi connectivity index (χ0n) is 9.75. The predicted octanol–water partition coefficient (Wildman–Crippen LogP) is 2.34. The van der Waals surface area contributed by atoms with Crippen molar-refractivity contribution in [2.45, 2.75) is 26.7 Å². The van der Waals surface area contributed by atoms with Gasteiger partial charge in [-0.25, -0.2) is 0 Å². The van der Waals surface area contributed by atoms with Crippen molar-refractivity contribution in [2.75, 3.05) is 6.54 Å². The molecular weight excluding hydrogens is 202 g/mol. The van der Waals surface area contributed by atoms with Crippen LogP contribution < -0.4 is 5.32 Å². The number of amides is 1. The third-order valence-electron chi connectivity index (χ3n) is 2.47. The molecule has 16 heavy (non-hydrogen) atoms. The first-order valence-corrected chi connectivity index (χ1v) is 5.53. The van der Waals surface area contributed by atoms with Crippen LogP contribution in [0.5, 0.6) is 0 Å². The molecule has 3 nitrogen and oxygen atoms in total. The van der Waals surface area contributed by atoms with Crippen molar-refractivity contribution in [1.29, 1.82) is 0 Å². The molecule has 0 fully saturated rings. The topological polar surface area (TPSA) is 46.2 Å². The normalized spacial score (nSPS) is 9.88. The van der Waals surface area contributed by atoms with Crippen LogP contribution in [0.15, 0.2) is 18.2 Å². The summed E-state index contributed by atoms with van der Waals surface area (Å²) in [6.07, 6.45) is 2.84. The zero-order chi connectivity index (χ0) is 12.0. The van der Waals surface area contributed by atoms with Gasteiger partial charge in [-0.1, -0.05) is 19.4 Å². The number of aldehydes is 1. The summed E-state index contributed by atoms with van der Waals surface area (Å²) in [5, 5.41) is 2.84. The molecule has 0 spiro atoms. The molecule has 0 aliphatic carbocycles. The first-order valence-electron chi connectivity index (χ1n) is 5.53. The van der Waals surface area contributed by atoms with Gasteiger partial charge in [-0.05, 0) is 31.0 Å². The van der Waals surface area contributed by atoms with Gasteiger partial charge in [-0.3, -0.25) is 9.59 Å². The van der Waals surface area contributed by atoms with E-state index in [4.69, 9.17) is 0 Å². The van der Waals surface area contributed by atoms with Crippen molar-refractivity contribution in [3.8, 4) is 0 Å². The molecule has 0 aromatic heterocycles. The summed E-state index contributed by atoms with van der Waals surface area (Å²) in [5.41, 5.74) is 2.07. The molecule has 86 valence electrons. The number of hydrogen-bond acceptors (Lipinski definition) is 2. The lowest BCUT2D eigenvalue weighted by molar-refractivity contribution is 0.0952. The Morgan fingerprint density at radius 2 is 2.19 bits per heavy atom. The quantitative estimate of drug-likeness (QED) is 0.610. The average molecular weight is 219 g/mol. The Bertz CT molecular complexity index is 386. The maximum Gasteiger partial charge on any atom is 0.251 e. The van der Waals surface area contributed by atoms with Gasteiger partial charge in [0.1, 0.15) is 6.29 Å². The number of hydrogen-bond donors (Lipinski definition) is 1. The minimum absolute atomic E-state index is 0.0750. The molecule has 0 aliphatic heterocycles. The van der Waals surface area contributed by atoms with Crippen LogP contribution >= 0.6 is 0 Å². The Labute approximate surface area is 95.9 Å². The first kappa shape index (κ1) is 12.4. The lowest BCUT2D eigenvalue weighted by Gasteiger charge is -2.06. The van der Waals surface area contributed by atoms with Gasteiger partial charge in [-0.2, -0.15) is 0 Å². The van der Waals surface area contributed by atoms with Gasteiger partial charge in [0, 0.05) is 17.7 Å². The van der Waals surface area contributed by atoms with Crippen LogP contribution in [0.3, 0.4) is 0 Å². The van der Waals surface area contributed by atoms with E-state index < -0.39 is 0 Å². The van der Waals surface area contributed by atoms with Gasteiger partial charge in [0.2, 0.25) is 0 Å². The van der Waals surface area contributed by atoms with Gasteiger partial charge >= 0.3 is 0 Å². The summed E-state index contributed by atoms with van der Waals surface area (Å²) in [6, 6.07) is 5.10. The number of carbonyl (C=O) groups is 2. The van der Waals surface area contributed by atoms with Crippen LogP contribution in [-0.4, -0.2) is 18.7 Å². The van der Waals surface area contributed by atoms with Crippen LogP contribution in [0, 0.1) is 6.92 Å². The maximum atomic E-state index is 11.7. The molecule has 0 bridgehead atoms. The molecule has 0 aliphatic rings. The van der Waals surface area contributed by atoms with Crippen molar-refractivity contribution < 1.29 is 9.59 Å². The molecular formula is C13H17NO2. The highest BCUT2D eigenvalue weighted by atomic mass is 16.1. The van der Waals surface area contributed by atoms with Crippen LogP contribution in [-0.2, 0) is 0 Å². The predicted molar refractivity (Wildman–Crippen MR) is 63.8 cm³/mol. The molecule has 3 heteroatoms.